The molecule has 1 N–H and O–H groups in total. The fourth-order valence-electron chi connectivity index (χ4n) is 1.57. The highest BCUT2D eigenvalue weighted by Gasteiger charge is 2.06. The number of fused-ring (bicyclic) bond motifs is 1. The Morgan fingerprint density at radius 3 is 2.93 bits per heavy atom. The summed E-state index contributed by atoms with van der Waals surface area (Å²) in [4.78, 5) is 11.5. The van der Waals surface area contributed by atoms with E-state index in [1.807, 2.05) is 6.07 Å². The highest BCUT2D eigenvalue weighted by atomic mass is 16.3. The zero-order valence-electron chi connectivity index (χ0n) is 8.10. The van der Waals surface area contributed by atoms with Gasteiger partial charge in [-0.15, -0.1) is 6.58 Å². The van der Waals surface area contributed by atoms with Crippen molar-refractivity contribution in [1.29, 1.82) is 0 Å². The number of nitrogens with zero attached hydrogens (tertiary/aromatic N) is 1. The molecule has 0 amide bonds. The van der Waals surface area contributed by atoms with Crippen molar-refractivity contribution in [2.24, 2.45) is 0 Å². The van der Waals surface area contributed by atoms with Crippen LogP contribution < -0.4 is 5.56 Å². The van der Waals surface area contributed by atoms with Gasteiger partial charge in [-0.2, -0.15) is 0 Å². The SMILES string of the molecule is C=CCn1c(=O)[c]c(O)c2ccccc21. The molecule has 1 radical (unpaired) electrons. The number of para-hydroxylation sites is 1. The van der Waals surface area contributed by atoms with Gasteiger partial charge in [0.05, 0.1) is 11.6 Å². The van der Waals surface area contributed by atoms with E-state index in [4.69, 9.17) is 0 Å². The van der Waals surface area contributed by atoms with Crippen molar-refractivity contribution in [2.45, 2.75) is 6.54 Å². The molecule has 2 rings (SSSR count). The van der Waals surface area contributed by atoms with E-state index in [1.165, 1.54) is 4.57 Å². The predicted octanol–water partition coefficient (Wildman–Crippen LogP) is 1.69. The molecule has 1 heterocycles. The van der Waals surface area contributed by atoms with Crippen LogP contribution in [-0.4, -0.2) is 9.67 Å². The minimum atomic E-state index is -0.342. The van der Waals surface area contributed by atoms with Gasteiger partial charge in [0.15, 0.2) is 0 Å². The van der Waals surface area contributed by atoms with Crippen LogP contribution in [0.3, 0.4) is 0 Å². The maximum absolute atomic E-state index is 11.5. The number of benzene rings is 1. The van der Waals surface area contributed by atoms with Gasteiger partial charge in [0.25, 0.3) is 5.56 Å². The van der Waals surface area contributed by atoms with Gasteiger partial charge in [-0.3, -0.25) is 4.79 Å². The van der Waals surface area contributed by atoms with Gasteiger partial charge in [0.1, 0.15) is 5.75 Å². The van der Waals surface area contributed by atoms with E-state index in [-0.39, 0.29) is 11.3 Å². The van der Waals surface area contributed by atoms with Crippen molar-refractivity contribution >= 4 is 10.9 Å². The number of hydrogen-bond donors (Lipinski definition) is 1. The molecule has 3 heteroatoms. The number of hydrogen-bond acceptors (Lipinski definition) is 2. The van der Waals surface area contributed by atoms with Gasteiger partial charge in [-0.1, -0.05) is 18.2 Å². The molecule has 15 heavy (non-hydrogen) atoms. The average molecular weight is 200 g/mol. The minimum Gasteiger partial charge on any atom is -0.506 e. The lowest BCUT2D eigenvalue weighted by atomic mass is 10.2. The second-order valence-corrected chi connectivity index (χ2v) is 3.20. The van der Waals surface area contributed by atoms with Crippen LogP contribution >= 0.6 is 0 Å². The van der Waals surface area contributed by atoms with Crippen molar-refractivity contribution in [3.63, 3.8) is 0 Å². The molecule has 0 fully saturated rings. The summed E-state index contributed by atoms with van der Waals surface area (Å²) in [5, 5.41) is 10.2. The van der Waals surface area contributed by atoms with E-state index in [0.717, 1.165) is 0 Å². The number of pyridine rings is 1. The number of rotatable bonds is 2. The van der Waals surface area contributed by atoms with E-state index in [1.54, 1.807) is 24.3 Å². The van der Waals surface area contributed by atoms with E-state index >= 15 is 0 Å². The highest BCUT2D eigenvalue weighted by Crippen LogP contribution is 2.21. The molecule has 0 aliphatic rings. The highest BCUT2D eigenvalue weighted by molar-refractivity contribution is 5.84. The number of aromatic hydroxyl groups is 1. The zero-order chi connectivity index (χ0) is 10.8. The second-order valence-electron chi connectivity index (χ2n) is 3.20. The van der Waals surface area contributed by atoms with Crippen molar-refractivity contribution in [3.8, 4) is 5.75 Å². The van der Waals surface area contributed by atoms with Crippen LogP contribution in [-0.2, 0) is 6.54 Å². The third kappa shape index (κ3) is 1.52. The van der Waals surface area contributed by atoms with Gasteiger partial charge in [0.2, 0.25) is 0 Å². The van der Waals surface area contributed by atoms with Crippen molar-refractivity contribution in [1.82, 2.24) is 4.57 Å². The molecule has 0 unspecified atom stereocenters. The summed E-state index contributed by atoms with van der Waals surface area (Å²) in [6.45, 7) is 4.00. The van der Waals surface area contributed by atoms with Gasteiger partial charge < -0.3 is 9.67 Å². The van der Waals surface area contributed by atoms with Gasteiger partial charge in [-0.05, 0) is 12.1 Å². The summed E-state index contributed by atoms with van der Waals surface area (Å²) in [6, 6.07) is 9.54. The van der Waals surface area contributed by atoms with Crippen LogP contribution in [0, 0.1) is 6.07 Å². The quantitative estimate of drug-likeness (QED) is 0.749. The lowest BCUT2D eigenvalue weighted by Gasteiger charge is -2.08. The Hall–Kier alpha value is -2.03. The van der Waals surface area contributed by atoms with Crippen LogP contribution in [0.1, 0.15) is 0 Å². The molecule has 0 atom stereocenters. The number of allylic oxidation sites excluding steroid dienone is 1. The zero-order valence-corrected chi connectivity index (χ0v) is 8.10. The largest absolute Gasteiger partial charge is 0.506 e. The standard InChI is InChI=1S/C12H10NO2/c1-2-7-13-10-6-4-3-5-9(10)11(14)8-12(13)15/h2-6,14H,1,7H2. The van der Waals surface area contributed by atoms with Crippen molar-refractivity contribution in [3.05, 3.63) is 53.3 Å². The summed E-state index contributed by atoms with van der Waals surface area (Å²) >= 11 is 0. The summed E-state index contributed by atoms with van der Waals surface area (Å²) in [7, 11) is 0. The van der Waals surface area contributed by atoms with Crippen LogP contribution in [0.25, 0.3) is 10.9 Å². The molecule has 2 aromatic rings. The Bertz CT molecular complexity index is 569. The van der Waals surface area contributed by atoms with Gasteiger partial charge in [0, 0.05) is 11.9 Å². The molecular weight excluding hydrogens is 190 g/mol. The third-order valence-corrected chi connectivity index (χ3v) is 2.23. The molecule has 75 valence electrons. The van der Waals surface area contributed by atoms with Crippen LogP contribution in [0.5, 0.6) is 5.75 Å². The molecule has 0 aliphatic carbocycles. The van der Waals surface area contributed by atoms with Crippen LogP contribution in [0.2, 0.25) is 0 Å². The first-order valence-corrected chi connectivity index (χ1v) is 4.59. The Kier molecular flexibility index (Phi) is 2.29. The van der Waals surface area contributed by atoms with Crippen molar-refractivity contribution < 1.29 is 5.11 Å². The summed E-state index contributed by atoms with van der Waals surface area (Å²) in [6.07, 6.45) is 1.64. The monoisotopic (exact) mass is 200 g/mol. The van der Waals surface area contributed by atoms with Crippen LogP contribution in [0.15, 0.2) is 41.7 Å². The summed E-state index contributed by atoms with van der Waals surface area (Å²) in [5.41, 5.74) is 0.352. The molecule has 1 aromatic heterocycles. The first-order valence-electron chi connectivity index (χ1n) is 4.59. The normalized spacial score (nSPS) is 10.4. The lowest BCUT2D eigenvalue weighted by Crippen LogP contribution is -2.18. The maximum Gasteiger partial charge on any atom is 0.263 e. The molecule has 1 aromatic carbocycles. The third-order valence-electron chi connectivity index (χ3n) is 2.23. The summed E-state index contributed by atoms with van der Waals surface area (Å²) in [5.74, 6) is -0.101. The Balaban J connectivity index is 2.89. The predicted molar refractivity (Wildman–Crippen MR) is 58.9 cm³/mol. The van der Waals surface area contributed by atoms with Gasteiger partial charge >= 0.3 is 0 Å². The topological polar surface area (TPSA) is 42.2 Å². The molecule has 0 spiro atoms. The number of aromatic nitrogens is 1. The van der Waals surface area contributed by atoms with Crippen LogP contribution in [0.4, 0.5) is 0 Å². The Morgan fingerprint density at radius 1 is 1.47 bits per heavy atom. The molecule has 3 nitrogen and oxygen atoms in total. The minimum absolute atomic E-state index is 0.101. The molecule has 0 bridgehead atoms. The molecule has 0 aliphatic heterocycles. The van der Waals surface area contributed by atoms with E-state index in [0.29, 0.717) is 17.4 Å². The fraction of sp³-hybridized carbons (Fsp3) is 0.0833. The second kappa shape index (κ2) is 3.61. The molecule has 0 saturated heterocycles. The molecule has 0 saturated carbocycles. The smallest absolute Gasteiger partial charge is 0.263 e. The summed E-state index contributed by atoms with van der Waals surface area (Å²) < 4.78 is 1.52. The molecular formula is C12H10NO2. The first-order chi connectivity index (χ1) is 7.24. The lowest BCUT2D eigenvalue weighted by molar-refractivity contribution is 0.478. The van der Waals surface area contributed by atoms with E-state index in [9.17, 15) is 9.90 Å². The first kappa shape index (κ1) is 9.52. The van der Waals surface area contributed by atoms with E-state index < -0.39 is 0 Å². The average Bonchev–Trinajstić information content (AvgIpc) is 2.24. The van der Waals surface area contributed by atoms with Gasteiger partial charge in [-0.25, -0.2) is 0 Å². The van der Waals surface area contributed by atoms with Crippen molar-refractivity contribution in [2.75, 3.05) is 0 Å². The fourth-order valence-corrected chi connectivity index (χ4v) is 1.57. The maximum atomic E-state index is 11.5. The Morgan fingerprint density at radius 2 is 2.20 bits per heavy atom. The van der Waals surface area contributed by atoms with E-state index in [2.05, 4.69) is 12.6 Å². The Labute approximate surface area is 86.9 Å².